The van der Waals surface area contributed by atoms with Crippen LogP contribution in [0.25, 0.3) is 0 Å². The van der Waals surface area contributed by atoms with E-state index in [1.165, 1.54) is 6.42 Å². The Kier molecular flexibility index (Phi) is 3.28. The van der Waals surface area contributed by atoms with Crippen LogP contribution in [0.4, 0.5) is 0 Å². The van der Waals surface area contributed by atoms with Gasteiger partial charge in [-0.15, -0.1) is 0 Å². The summed E-state index contributed by atoms with van der Waals surface area (Å²) >= 11 is 3.30. The molecule has 1 saturated carbocycles. The van der Waals surface area contributed by atoms with Crippen molar-refractivity contribution in [2.45, 2.75) is 13.3 Å². The molecule has 1 aromatic heterocycles. The third-order valence-corrected chi connectivity index (χ3v) is 3.75. The molecular formula is C12H15BrN2O. The van der Waals surface area contributed by atoms with E-state index in [9.17, 15) is 4.79 Å². The average molecular weight is 283 g/mol. The number of carbonyl (C=O) groups excluding carboxylic acids is 1. The maximum atomic E-state index is 12.1. The molecule has 1 aliphatic rings. The summed E-state index contributed by atoms with van der Waals surface area (Å²) in [7, 11) is 1.85. The van der Waals surface area contributed by atoms with Gasteiger partial charge in [-0.2, -0.15) is 0 Å². The molecule has 3 nitrogen and oxygen atoms in total. The van der Waals surface area contributed by atoms with Crippen molar-refractivity contribution in [3.8, 4) is 0 Å². The number of amides is 1. The van der Waals surface area contributed by atoms with E-state index in [2.05, 4.69) is 27.8 Å². The third-order valence-electron chi connectivity index (χ3n) is 3.12. The Bertz CT molecular complexity index is 408. The zero-order valence-electron chi connectivity index (χ0n) is 9.48. The van der Waals surface area contributed by atoms with Crippen LogP contribution in [-0.2, 0) is 0 Å². The monoisotopic (exact) mass is 282 g/mol. The van der Waals surface area contributed by atoms with Gasteiger partial charge in [0.15, 0.2) is 0 Å². The average Bonchev–Trinajstić information content (AvgIpc) is 2.94. The molecule has 1 aliphatic carbocycles. The van der Waals surface area contributed by atoms with E-state index >= 15 is 0 Å². The van der Waals surface area contributed by atoms with Gasteiger partial charge in [0.2, 0.25) is 0 Å². The number of hydrogen-bond donors (Lipinski definition) is 0. The number of aromatic nitrogens is 1. The van der Waals surface area contributed by atoms with E-state index in [-0.39, 0.29) is 5.91 Å². The lowest BCUT2D eigenvalue weighted by Gasteiger charge is -2.17. The maximum absolute atomic E-state index is 12.1. The highest BCUT2D eigenvalue weighted by atomic mass is 79.9. The van der Waals surface area contributed by atoms with Crippen LogP contribution < -0.4 is 0 Å². The first-order chi connectivity index (χ1) is 7.59. The Morgan fingerprint density at radius 3 is 2.94 bits per heavy atom. The molecule has 0 bridgehead atoms. The van der Waals surface area contributed by atoms with Gasteiger partial charge in [-0.25, -0.2) is 4.98 Å². The predicted octanol–water partition coefficient (Wildman–Crippen LogP) is 2.57. The standard InChI is InChI=1S/C12H15BrN2O/c1-8-6-9(8)7-15(2)12(16)10-4-3-5-14-11(10)13/h3-5,8-9H,6-7H2,1-2H3. The number of pyridine rings is 1. The van der Waals surface area contributed by atoms with Crippen molar-refractivity contribution in [2.75, 3.05) is 13.6 Å². The quantitative estimate of drug-likeness (QED) is 0.799. The van der Waals surface area contributed by atoms with Crippen molar-refractivity contribution in [3.63, 3.8) is 0 Å². The van der Waals surface area contributed by atoms with Crippen LogP contribution in [0.15, 0.2) is 22.9 Å². The van der Waals surface area contributed by atoms with Crippen LogP contribution in [-0.4, -0.2) is 29.4 Å². The van der Waals surface area contributed by atoms with Crippen LogP contribution in [0.1, 0.15) is 23.7 Å². The molecule has 16 heavy (non-hydrogen) atoms. The van der Waals surface area contributed by atoms with Gasteiger partial charge in [0.1, 0.15) is 4.60 Å². The Morgan fingerprint density at radius 2 is 2.38 bits per heavy atom. The molecule has 0 spiro atoms. The van der Waals surface area contributed by atoms with Crippen molar-refractivity contribution in [3.05, 3.63) is 28.5 Å². The number of nitrogens with zero attached hydrogens (tertiary/aromatic N) is 2. The Labute approximate surface area is 104 Å². The molecule has 1 aromatic rings. The molecular weight excluding hydrogens is 268 g/mol. The summed E-state index contributed by atoms with van der Waals surface area (Å²) in [4.78, 5) is 17.9. The zero-order chi connectivity index (χ0) is 11.7. The van der Waals surface area contributed by atoms with Gasteiger partial charge in [-0.1, -0.05) is 6.92 Å². The smallest absolute Gasteiger partial charge is 0.256 e. The molecule has 1 heterocycles. The topological polar surface area (TPSA) is 33.2 Å². The van der Waals surface area contributed by atoms with E-state index in [1.54, 1.807) is 23.2 Å². The highest BCUT2D eigenvalue weighted by Crippen LogP contribution is 2.38. The predicted molar refractivity (Wildman–Crippen MR) is 66.2 cm³/mol. The van der Waals surface area contributed by atoms with Crippen LogP contribution in [0, 0.1) is 11.8 Å². The van der Waals surface area contributed by atoms with E-state index in [4.69, 9.17) is 0 Å². The molecule has 0 saturated heterocycles. The van der Waals surface area contributed by atoms with Crippen molar-refractivity contribution in [2.24, 2.45) is 11.8 Å². The molecule has 86 valence electrons. The minimum absolute atomic E-state index is 0.0408. The molecule has 2 unspecified atom stereocenters. The SMILES string of the molecule is CC1CC1CN(C)C(=O)c1cccnc1Br. The number of rotatable bonds is 3. The molecule has 0 radical (unpaired) electrons. The largest absolute Gasteiger partial charge is 0.341 e. The van der Waals surface area contributed by atoms with Gasteiger partial charge in [0.25, 0.3) is 5.91 Å². The molecule has 4 heteroatoms. The lowest BCUT2D eigenvalue weighted by molar-refractivity contribution is 0.0785. The van der Waals surface area contributed by atoms with E-state index in [1.807, 2.05) is 7.05 Å². The highest BCUT2D eigenvalue weighted by Gasteiger charge is 2.34. The second-order valence-electron chi connectivity index (χ2n) is 4.50. The Balaban J connectivity index is 2.04. The normalized spacial score (nSPS) is 22.9. The summed E-state index contributed by atoms with van der Waals surface area (Å²) in [6.07, 6.45) is 2.91. The summed E-state index contributed by atoms with van der Waals surface area (Å²) < 4.78 is 0.621. The highest BCUT2D eigenvalue weighted by molar-refractivity contribution is 9.10. The molecule has 0 N–H and O–H groups in total. The number of carbonyl (C=O) groups is 1. The molecule has 0 aliphatic heterocycles. The van der Waals surface area contributed by atoms with Gasteiger partial charge in [-0.05, 0) is 46.3 Å². The minimum Gasteiger partial charge on any atom is -0.341 e. The van der Waals surface area contributed by atoms with Gasteiger partial charge >= 0.3 is 0 Å². The fraction of sp³-hybridized carbons (Fsp3) is 0.500. The lowest BCUT2D eigenvalue weighted by Crippen LogP contribution is -2.29. The van der Waals surface area contributed by atoms with Crippen molar-refractivity contribution in [1.82, 2.24) is 9.88 Å². The van der Waals surface area contributed by atoms with Crippen molar-refractivity contribution >= 4 is 21.8 Å². The summed E-state index contributed by atoms with van der Waals surface area (Å²) in [5.41, 5.74) is 0.637. The molecule has 1 amide bonds. The molecule has 2 atom stereocenters. The molecule has 0 aromatic carbocycles. The summed E-state index contributed by atoms with van der Waals surface area (Å²) in [6, 6.07) is 3.58. The summed E-state index contributed by atoms with van der Waals surface area (Å²) in [5, 5.41) is 0. The van der Waals surface area contributed by atoms with Crippen molar-refractivity contribution in [1.29, 1.82) is 0 Å². The third kappa shape index (κ3) is 2.43. The van der Waals surface area contributed by atoms with Crippen LogP contribution >= 0.6 is 15.9 Å². The van der Waals surface area contributed by atoms with E-state index in [0.29, 0.717) is 16.1 Å². The fourth-order valence-corrected chi connectivity index (χ4v) is 2.26. The van der Waals surface area contributed by atoms with E-state index < -0.39 is 0 Å². The van der Waals surface area contributed by atoms with Crippen LogP contribution in [0.5, 0.6) is 0 Å². The van der Waals surface area contributed by atoms with Gasteiger partial charge in [0, 0.05) is 19.8 Å². The minimum atomic E-state index is 0.0408. The molecule has 1 fully saturated rings. The first-order valence-corrected chi connectivity index (χ1v) is 6.25. The first-order valence-electron chi connectivity index (χ1n) is 5.45. The molecule has 2 rings (SSSR count). The fourth-order valence-electron chi connectivity index (χ4n) is 1.84. The second-order valence-corrected chi connectivity index (χ2v) is 5.25. The van der Waals surface area contributed by atoms with Crippen LogP contribution in [0.3, 0.4) is 0 Å². The van der Waals surface area contributed by atoms with Gasteiger partial charge < -0.3 is 4.90 Å². The Morgan fingerprint density at radius 1 is 1.69 bits per heavy atom. The zero-order valence-corrected chi connectivity index (χ0v) is 11.1. The van der Waals surface area contributed by atoms with Crippen molar-refractivity contribution < 1.29 is 4.79 Å². The summed E-state index contributed by atoms with van der Waals surface area (Å²) in [5.74, 6) is 1.50. The van der Waals surface area contributed by atoms with Gasteiger partial charge in [-0.3, -0.25) is 4.79 Å². The summed E-state index contributed by atoms with van der Waals surface area (Å²) in [6.45, 7) is 3.07. The first kappa shape index (κ1) is 11.6. The van der Waals surface area contributed by atoms with E-state index in [0.717, 1.165) is 12.5 Å². The second kappa shape index (κ2) is 4.53. The maximum Gasteiger partial charge on any atom is 0.256 e. The lowest BCUT2D eigenvalue weighted by atomic mass is 10.2. The van der Waals surface area contributed by atoms with Gasteiger partial charge in [0.05, 0.1) is 5.56 Å². The Hall–Kier alpha value is -0.900. The number of hydrogen-bond acceptors (Lipinski definition) is 2. The number of halogens is 1. The van der Waals surface area contributed by atoms with Crippen LogP contribution in [0.2, 0.25) is 0 Å².